The van der Waals surface area contributed by atoms with Crippen molar-refractivity contribution >= 4 is 27.2 Å². The highest BCUT2D eigenvalue weighted by atomic mass is 32.1. The molecule has 0 amide bonds. The van der Waals surface area contributed by atoms with Gasteiger partial charge in [0.2, 0.25) is 0 Å². The van der Waals surface area contributed by atoms with Crippen molar-refractivity contribution in [3.8, 4) is 17.1 Å². The maximum absolute atomic E-state index is 5.29. The van der Waals surface area contributed by atoms with E-state index >= 15 is 0 Å². The molecule has 0 N–H and O–H groups in total. The first-order valence-electron chi connectivity index (χ1n) is 6.93. The van der Waals surface area contributed by atoms with Crippen LogP contribution in [0.1, 0.15) is 10.4 Å². The molecule has 110 valence electrons. The third-order valence-corrected chi connectivity index (χ3v) is 5.02. The molecule has 0 spiro atoms. The largest absolute Gasteiger partial charge is 0.497 e. The predicted octanol–water partition coefficient (Wildman–Crippen LogP) is 3.63. The highest BCUT2D eigenvalue weighted by Crippen LogP contribution is 2.32. The fourth-order valence-electron chi connectivity index (χ4n) is 2.60. The minimum Gasteiger partial charge on any atom is -0.497 e. The highest BCUT2D eigenvalue weighted by molar-refractivity contribution is 7.18. The Morgan fingerprint density at radius 1 is 1.18 bits per heavy atom. The topological polar surface area (TPSA) is 52.3 Å². The summed E-state index contributed by atoms with van der Waals surface area (Å²) in [7, 11) is 1.66. The van der Waals surface area contributed by atoms with Gasteiger partial charge in [0, 0.05) is 10.4 Å². The molecule has 0 saturated heterocycles. The number of thiophene rings is 1. The summed E-state index contributed by atoms with van der Waals surface area (Å²) < 4.78 is 7.23. The monoisotopic (exact) mass is 310 g/mol. The molecule has 4 rings (SSSR count). The van der Waals surface area contributed by atoms with Crippen LogP contribution in [-0.4, -0.2) is 26.7 Å². The minimum absolute atomic E-state index is 0.770. The summed E-state index contributed by atoms with van der Waals surface area (Å²) in [6, 6.07) is 7.80. The first-order chi connectivity index (χ1) is 10.7. The number of nitrogens with zero attached hydrogens (tertiary/aromatic N) is 4. The van der Waals surface area contributed by atoms with Crippen molar-refractivity contribution in [1.82, 2.24) is 19.6 Å². The molecule has 0 fully saturated rings. The summed E-state index contributed by atoms with van der Waals surface area (Å²) in [6.07, 6.45) is 1.79. The molecular weight excluding hydrogens is 296 g/mol. The number of methoxy groups -OCH3 is 1. The van der Waals surface area contributed by atoms with Crippen molar-refractivity contribution in [3.63, 3.8) is 0 Å². The SMILES string of the molecule is COc1cccc(-c2nnc3c4c(C)c(C)sc4ncn23)c1. The van der Waals surface area contributed by atoms with E-state index in [4.69, 9.17) is 4.74 Å². The number of aromatic nitrogens is 4. The minimum atomic E-state index is 0.770. The molecule has 0 aliphatic rings. The fraction of sp³-hybridized carbons (Fsp3) is 0.188. The van der Waals surface area contributed by atoms with Crippen LogP contribution in [0.25, 0.3) is 27.3 Å². The maximum atomic E-state index is 5.29. The van der Waals surface area contributed by atoms with Crippen LogP contribution in [0, 0.1) is 13.8 Å². The van der Waals surface area contributed by atoms with Crippen molar-refractivity contribution in [2.45, 2.75) is 13.8 Å². The van der Waals surface area contributed by atoms with Crippen LogP contribution in [0.5, 0.6) is 5.75 Å². The van der Waals surface area contributed by atoms with Crippen LogP contribution in [-0.2, 0) is 0 Å². The zero-order valence-electron chi connectivity index (χ0n) is 12.5. The van der Waals surface area contributed by atoms with Crippen molar-refractivity contribution in [2.75, 3.05) is 7.11 Å². The Labute approximate surface area is 131 Å². The molecule has 0 bridgehead atoms. The zero-order chi connectivity index (χ0) is 15.3. The summed E-state index contributed by atoms with van der Waals surface area (Å²) >= 11 is 1.69. The Kier molecular flexibility index (Phi) is 2.87. The summed E-state index contributed by atoms with van der Waals surface area (Å²) in [4.78, 5) is 6.83. The van der Waals surface area contributed by atoms with Crippen LogP contribution < -0.4 is 4.74 Å². The van der Waals surface area contributed by atoms with Gasteiger partial charge in [0.25, 0.3) is 0 Å². The van der Waals surface area contributed by atoms with Gasteiger partial charge in [-0.15, -0.1) is 21.5 Å². The molecular formula is C16H14N4OS. The first kappa shape index (κ1) is 13.2. The number of fused-ring (bicyclic) bond motifs is 3. The lowest BCUT2D eigenvalue weighted by Gasteiger charge is -2.03. The third kappa shape index (κ3) is 1.80. The van der Waals surface area contributed by atoms with Gasteiger partial charge in [-0.3, -0.25) is 4.40 Å². The van der Waals surface area contributed by atoms with Gasteiger partial charge in [0.05, 0.1) is 12.5 Å². The van der Waals surface area contributed by atoms with Gasteiger partial charge in [-0.05, 0) is 31.5 Å². The van der Waals surface area contributed by atoms with Crippen LogP contribution in [0.15, 0.2) is 30.6 Å². The Morgan fingerprint density at radius 2 is 2.05 bits per heavy atom. The van der Waals surface area contributed by atoms with Crippen LogP contribution in [0.3, 0.4) is 0 Å². The molecule has 1 aromatic carbocycles. The lowest BCUT2D eigenvalue weighted by molar-refractivity contribution is 0.415. The number of rotatable bonds is 2. The molecule has 0 aliphatic heterocycles. The van der Waals surface area contributed by atoms with Gasteiger partial charge in [-0.1, -0.05) is 12.1 Å². The molecule has 3 aromatic heterocycles. The molecule has 22 heavy (non-hydrogen) atoms. The first-order valence-corrected chi connectivity index (χ1v) is 7.74. The molecule has 0 unspecified atom stereocenters. The second-order valence-electron chi connectivity index (χ2n) is 5.16. The van der Waals surface area contributed by atoms with E-state index in [-0.39, 0.29) is 0 Å². The van der Waals surface area contributed by atoms with E-state index in [0.29, 0.717) is 0 Å². The average Bonchev–Trinajstić information content (AvgIpc) is 3.09. The lowest BCUT2D eigenvalue weighted by atomic mass is 10.2. The fourth-order valence-corrected chi connectivity index (χ4v) is 3.60. The molecule has 0 radical (unpaired) electrons. The Hall–Kier alpha value is -2.47. The molecule has 0 saturated carbocycles. The maximum Gasteiger partial charge on any atom is 0.172 e. The van der Waals surface area contributed by atoms with Crippen molar-refractivity contribution in [3.05, 3.63) is 41.0 Å². The number of benzene rings is 1. The van der Waals surface area contributed by atoms with Gasteiger partial charge in [-0.2, -0.15) is 0 Å². The summed E-state index contributed by atoms with van der Waals surface area (Å²) in [5.41, 5.74) is 3.03. The van der Waals surface area contributed by atoms with Gasteiger partial charge in [-0.25, -0.2) is 4.98 Å². The van der Waals surface area contributed by atoms with Crippen LogP contribution >= 0.6 is 11.3 Å². The molecule has 6 heteroatoms. The predicted molar refractivity (Wildman–Crippen MR) is 87.6 cm³/mol. The van der Waals surface area contributed by atoms with E-state index in [0.717, 1.165) is 33.0 Å². The van der Waals surface area contributed by atoms with E-state index in [1.165, 1.54) is 10.4 Å². The number of hydrogen-bond donors (Lipinski definition) is 0. The summed E-state index contributed by atoms with van der Waals surface area (Å²) in [5, 5.41) is 9.84. The number of ether oxygens (including phenoxy) is 1. The quantitative estimate of drug-likeness (QED) is 0.567. The van der Waals surface area contributed by atoms with E-state index < -0.39 is 0 Å². The average molecular weight is 310 g/mol. The summed E-state index contributed by atoms with van der Waals surface area (Å²) in [6.45, 7) is 4.22. The molecule has 3 heterocycles. The summed E-state index contributed by atoms with van der Waals surface area (Å²) in [5.74, 6) is 1.57. The highest BCUT2D eigenvalue weighted by Gasteiger charge is 2.16. The van der Waals surface area contributed by atoms with Crippen molar-refractivity contribution in [2.24, 2.45) is 0 Å². The van der Waals surface area contributed by atoms with Gasteiger partial charge in [0.15, 0.2) is 11.5 Å². The van der Waals surface area contributed by atoms with Gasteiger partial charge < -0.3 is 4.74 Å². The normalized spacial score (nSPS) is 11.4. The van der Waals surface area contributed by atoms with Gasteiger partial charge in [0.1, 0.15) is 16.9 Å². The molecule has 0 atom stereocenters. The third-order valence-electron chi connectivity index (χ3n) is 3.90. The van der Waals surface area contributed by atoms with Crippen molar-refractivity contribution < 1.29 is 4.74 Å². The molecule has 5 nitrogen and oxygen atoms in total. The van der Waals surface area contributed by atoms with Crippen molar-refractivity contribution in [1.29, 1.82) is 0 Å². The second-order valence-corrected chi connectivity index (χ2v) is 6.36. The molecule has 4 aromatic rings. The van der Waals surface area contributed by atoms with Crippen LogP contribution in [0.2, 0.25) is 0 Å². The molecule has 0 aliphatic carbocycles. The Bertz CT molecular complexity index is 1000. The number of hydrogen-bond acceptors (Lipinski definition) is 5. The Morgan fingerprint density at radius 3 is 2.86 bits per heavy atom. The van der Waals surface area contributed by atoms with E-state index in [2.05, 4.69) is 29.0 Å². The lowest BCUT2D eigenvalue weighted by Crippen LogP contribution is -1.92. The zero-order valence-corrected chi connectivity index (χ0v) is 13.3. The van der Waals surface area contributed by atoms with E-state index in [1.807, 2.05) is 28.7 Å². The standard InChI is InChI=1S/C16H14N4OS/c1-9-10(2)22-16-13(9)15-19-18-14(20(15)8-17-16)11-5-4-6-12(7-11)21-3/h4-8H,1-3H3. The second kappa shape index (κ2) is 4.78. The Balaban J connectivity index is 2.02. The van der Waals surface area contributed by atoms with Crippen LogP contribution in [0.4, 0.5) is 0 Å². The number of aryl methyl sites for hydroxylation is 2. The smallest absolute Gasteiger partial charge is 0.172 e. The van der Waals surface area contributed by atoms with E-state index in [9.17, 15) is 0 Å². The van der Waals surface area contributed by atoms with Gasteiger partial charge >= 0.3 is 0 Å². The van der Waals surface area contributed by atoms with E-state index in [1.54, 1.807) is 24.8 Å².